The number of hydrogen-bond acceptors (Lipinski definition) is 4. The minimum absolute atomic E-state index is 0.0479. The van der Waals surface area contributed by atoms with E-state index in [1.165, 1.54) is 0 Å². The molecular weight excluding hydrogens is 388 g/mol. The van der Waals surface area contributed by atoms with Gasteiger partial charge in [0.25, 0.3) is 0 Å². The summed E-state index contributed by atoms with van der Waals surface area (Å²) in [6, 6.07) is 22.5. The molecule has 3 aromatic rings. The van der Waals surface area contributed by atoms with Crippen LogP contribution < -0.4 is 14.4 Å². The number of nitrogens with zero attached hydrogens (tertiary/aromatic N) is 2. The highest BCUT2D eigenvalue weighted by Gasteiger charge is 2.37. The molecule has 0 spiro atoms. The summed E-state index contributed by atoms with van der Waals surface area (Å²) >= 11 is 5.91. The van der Waals surface area contributed by atoms with E-state index in [0.717, 1.165) is 17.0 Å². The van der Waals surface area contributed by atoms with Crippen LogP contribution in [0.25, 0.3) is 0 Å². The van der Waals surface area contributed by atoms with Crippen molar-refractivity contribution in [2.45, 2.75) is 6.17 Å². The lowest BCUT2D eigenvalue weighted by atomic mass is 10.1. The predicted octanol–water partition coefficient (Wildman–Crippen LogP) is 5.12. The zero-order valence-corrected chi connectivity index (χ0v) is 17.0. The van der Waals surface area contributed by atoms with Crippen molar-refractivity contribution in [2.24, 2.45) is 0 Å². The van der Waals surface area contributed by atoms with Gasteiger partial charge >= 0.3 is 0 Å². The molecule has 0 N–H and O–H groups in total. The molecule has 0 aromatic heterocycles. The SMILES string of the molecule is COc1cccc(C2N(C)CC(=O)N2c2ccc(Oc3ccc(Cl)cc3)cc2)c1. The van der Waals surface area contributed by atoms with Gasteiger partial charge in [-0.1, -0.05) is 23.7 Å². The van der Waals surface area contributed by atoms with Gasteiger partial charge in [-0.3, -0.25) is 14.6 Å². The Bertz CT molecular complexity index is 1010. The monoisotopic (exact) mass is 408 g/mol. The van der Waals surface area contributed by atoms with Gasteiger partial charge in [0.1, 0.15) is 23.4 Å². The van der Waals surface area contributed by atoms with Crippen LogP contribution in [0, 0.1) is 0 Å². The predicted molar refractivity (Wildman–Crippen MR) is 114 cm³/mol. The molecule has 1 aliphatic rings. The van der Waals surface area contributed by atoms with Crippen LogP contribution in [0.15, 0.2) is 72.8 Å². The topological polar surface area (TPSA) is 42.0 Å². The van der Waals surface area contributed by atoms with Crippen molar-refractivity contribution >= 4 is 23.2 Å². The van der Waals surface area contributed by atoms with E-state index in [0.29, 0.717) is 23.1 Å². The van der Waals surface area contributed by atoms with Crippen LogP contribution in [0.3, 0.4) is 0 Å². The summed E-state index contributed by atoms with van der Waals surface area (Å²) in [5.74, 6) is 2.20. The number of methoxy groups -OCH3 is 1. The van der Waals surface area contributed by atoms with Gasteiger partial charge in [-0.25, -0.2) is 0 Å². The van der Waals surface area contributed by atoms with Gasteiger partial charge in [-0.05, 0) is 73.3 Å². The molecule has 5 nitrogen and oxygen atoms in total. The van der Waals surface area contributed by atoms with Crippen molar-refractivity contribution in [3.05, 3.63) is 83.4 Å². The lowest BCUT2D eigenvalue weighted by Crippen LogP contribution is -2.30. The molecule has 3 aromatic carbocycles. The average Bonchev–Trinajstić information content (AvgIpc) is 3.04. The smallest absolute Gasteiger partial charge is 0.242 e. The fourth-order valence-electron chi connectivity index (χ4n) is 3.51. The van der Waals surface area contributed by atoms with Crippen LogP contribution in [0.4, 0.5) is 5.69 Å². The minimum Gasteiger partial charge on any atom is -0.497 e. The van der Waals surface area contributed by atoms with Crippen molar-refractivity contribution in [1.29, 1.82) is 0 Å². The second-order valence-corrected chi connectivity index (χ2v) is 7.32. The highest BCUT2D eigenvalue weighted by atomic mass is 35.5. The third-order valence-corrected chi connectivity index (χ3v) is 5.12. The maximum atomic E-state index is 12.7. The van der Waals surface area contributed by atoms with E-state index in [1.807, 2.05) is 72.6 Å². The van der Waals surface area contributed by atoms with E-state index < -0.39 is 0 Å². The molecule has 1 aliphatic heterocycles. The van der Waals surface area contributed by atoms with Gasteiger partial charge in [0.2, 0.25) is 5.91 Å². The van der Waals surface area contributed by atoms with Gasteiger partial charge in [-0.2, -0.15) is 0 Å². The number of anilines is 1. The van der Waals surface area contributed by atoms with E-state index in [1.54, 1.807) is 24.1 Å². The first-order valence-corrected chi connectivity index (χ1v) is 9.63. The summed E-state index contributed by atoms with van der Waals surface area (Å²) in [5.41, 5.74) is 1.81. The van der Waals surface area contributed by atoms with Crippen molar-refractivity contribution in [3.63, 3.8) is 0 Å². The Labute approximate surface area is 175 Å². The number of amides is 1. The number of hydrogen-bond donors (Lipinski definition) is 0. The van der Waals surface area contributed by atoms with Gasteiger partial charge in [0.05, 0.1) is 13.7 Å². The Morgan fingerprint density at radius 3 is 2.24 bits per heavy atom. The molecular formula is C23H21ClN2O3. The molecule has 6 heteroatoms. The zero-order chi connectivity index (χ0) is 20.4. The molecule has 0 aliphatic carbocycles. The Balaban J connectivity index is 1.59. The van der Waals surface area contributed by atoms with Crippen LogP contribution in [0.5, 0.6) is 17.2 Å². The lowest BCUT2D eigenvalue weighted by Gasteiger charge is -2.28. The summed E-state index contributed by atoms with van der Waals surface area (Å²) in [4.78, 5) is 16.6. The minimum atomic E-state index is -0.194. The second-order valence-electron chi connectivity index (χ2n) is 6.88. The molecule has 1 saturated heterocycles. The van der Waals surface area contributed by atoms with Crippen molar-refractivity contribution in [2.75, 3.05) is 25.6 Å². The standard InChI is InChI=1S/C23H21ClN2O3/c1-25-15-22(27)26(23(25)16-4-3-5-21(14-16)28-2)18-8-12-20(13-9-18)29-19-10-6-17(24)7-11-19/h3-14,23H,15H2,1-2H3. The molecule has 4 rings (SSSR count). The fourth-order valence-corrected chi connectivity index (χ4v) is 3.64. The molecule has 1 heterocycles. The van der Waals surface area contributed by atoms with E-state index >= 15 is 0 Å². The summed E-state index contributed by atoms with van der Waals surface area (Å²) < 4.78 is 11.2. The molecule has 148 valence electrons. The molecule has 0 radical (unpaired) electrons. The number of likely N-dealkylation sites (N-methyl/N-ethyl adjacent to an activating group) is 1. The van der Waals surface area contributed by atoms with E-state index in [-0.39, 0.29) is 12.1 Å². The molecule has 1 amide bonds. The lowest BCUT2D eigenvalue weighted by molar-refractivity contribution is -0.116. The molecule has 0 bridgehead atoms. The number of ether oxygens (including phenoxy) is 2. The van der Waals surface area contributed by atoms with Gasteiger partial charge in [0, 0.05) is 10.7 Å². The molecule has 1 atom stereocenters. The third kappa shape index (κ3) is 4.06. The summed E-state index contributed by atoms with van der Waals surface area (Å²) in [5, 5.41) is 0.660. The summed E-state index contributed by atoms with van der Waals surface area (Å²) in [6.07, 6.45) is -0.194. The normalized spacial score (nSPS) is 16.9. The first kappa shape index (κ1) is 19.3. The van der Waals surface area contributed by atoms with E-state index in [4.69, 9.17) is 21.1 Å². The average molecular weight is 409 g/mol. The Morgan fingerprint density at radius 1 is 0.931 bits per heavy atom. The summed E-state index contributed by atoms with van der Waals surface area (Å²) in [6.45, 7) is 0.352. The van der Waals surface area contributed by atoms with Gasteiger partial charge in [-0.15, -0.1) is 0 Å². The van der Waals surface area contributed by atoms with Crippen molar-refractivity contribution < 1.29 is 14.3 Å². The van der Waals surface area contributed by atoms with Gasteiger partial charge < -0.3 is 9.47 Å². The number of carbonyl (C=O) groups excluding carboxylic acids is 1. The van der Waals surface area contributed by atoms with Crippen LogP contribution >= 0.6 is 11.6 Å². The second kappa shape index (κ2) is 8.15. The number of benzene rings is 3. The molecule has 0 saturated carbocycles. The first-order chi connectivity index (χ1) is 14.0. The third-order valence-electron chi connectivity index (χ3n) is 4.87. The van der Waals surface area contributed by atoms with Crippen molar-refractivity contribution in [3.8, 4) is 17.2 Å². The largest absolute Gasteiger partial charge is 0.497 e. The van der Waals surface area contributed by atoms with E-state index in [9.17, 15) is 4.79 Å². The number of rotatable bonds is 5. The fraction of sp³-hybridized carbons (Fsp3) is 0.174. The molecule has 29 heavy (non-hydrogen) atoms. The van der Waals surface area contributed by atoms with Crippen LogP contribution in [0.1, 0.15) is 11.7 Å². The van der Waals surface area contributed by atoms with Crippen LogP contribution in [-0.4, -0.2) is 31.5 Å². The Kier molecular flexibility index (Phi) is 5.43. The maximum absolute atomic E-state index is 12.7. The highest BCUT2D eigenvalue weighted by Crippen LogP contribution is 2.36. The first-order valence-electron chi connectivity index (χ1n) is 9.25. The highest BCUT2D eigenvalue weighted by molar-refractivity contribution is 6.30. The van der Waals surface area contributed by atoms with Crippen LogP contribution in [0.2, 0.25) is 5.02 Å². The van der Waals surface area contributed by atoms with Crippen LogP contribution in [-0.2, 0) is 4.79 Å². The van der Waals surface area contributed by atoms with Crippen molar-refractivity contribution in [1.82, 2.24) is 4.90 Å². The number of halogens is 1. The molecule has 1 unspecified atom stereocenters. The van der Waals surface area contributed by atoms with Gasteiger partial charge in [0.15, 0.2) is 0 Å². The summed E-state index contributed by atoms with van der Waals surface area (Å²) in [7, 11) is 3.58. The van der Waals surface area contributed by atoms with E-state index in [2.05, 4.69) is 0 Å². The Hall–Kier alpha value is -3.02. The Morgan fingerprint density at radius 2 is 1.59 bits per heavy atom. The zero-order valence-electron chi connectivity index (χ0n) is 16.2. The number of carbonyl (C=O) groups is 1. The maximum Gasteiger partial charge on any atom is 0.242 e. The quantitative estimate of drug-likeness (QED) is 0.587. The molecule has 1 fully saturated rings.